The van der Waals surface area contributed by atoms with E-state index in [1.165, 1.54) is 0 Å². The molecule has 3 aromatic rings. The molecule has 9 nitrogen and oxygen atoms in total. The molecule has 0 bridgehead atoms. The van der Waals surface area contributed by atoms with Crippen LogP contribution in [-0.2, 0) is 13.6 Å². The van der Waals surface area contributed by atoms with Crippen LogP contribution in [0.1, 0.15) is 11.1 Å². The Kier molecular flexibility index (Phi) is 5.09. The lowest BCUT2D eigenvalue weighted by molar-refractivity contribution is 0.189. The lowest BCUT2D eigenvalue weighted by Crippen LogP contribution is -2.35. The second kappa shape index (κ2) is 7.62. The summed E-state index contributed by atoms with van der Waals surface area (Å²) in [5.41, 5.74) is 9.35. The van der Waals surface area contributed by atoms with Crippen LogP contribution < -0.4 is 16.2 Å². The Balaban J connectivity index is 1.75. The highest BCUT2D eigenvalue weighted by Crippen LogP contribution is 2.22. The summed E-state index contributed by atoms with van der Waals surface area (Å²) >= 11 is 0. The molecule has 9 heteroatoms. The van der Waals surface area contributed by atoms with Crippen molar-refractivity contribution >= 4 is 17.7 Å². The van der Waals surface area contributed by atoms with Gasteiger partial charge in [-0.2, -0.15) is 5.10 Å². The lowest BCUT2D eigenvalue weighted by atomic mass is 10.0. The average Bonchev–Trinajstić information content (AvgIpc) is 3.01. The second-order valence-corrected chi connectivity index (χ2v) is 5.72. The molecule has 26 heavy (non-hydrogen) atoms. The number of aromatic nitrogens is 4. The fourth-order valence-electron chi connectivity index (χ4n) is 2.46. The SMILES string of the molecule is Cc1cc(-c2ccnc(Nc3cnn(C)c3)n2)ccc1CNNC(=O)O. The molecular formula is C17H19N7O2. The maximum atomic E-state index is 10.5. The third-order valence-corrected chi connectivity index (χ3v) is 3.73. The number of carboxylic acid groups (broad SMARTS) is 1. The minimum Gasteiger partial charge on any atom is -0.464 e. The molecule has 1 aromatic carbocycles. The normalized spacial score (nSPS) is 10.5. The van der Waals surface area contributed by atoms with Crippen molar-refractivity contribution in [1.29, 1.82) is 0 Å². The number of rotatable bonds is 6. The van der Waals surface area contributed by atoms with Crippen molar-refractivity contribution in [2.24, 2.45) is 7.05 Å². The van der Waals surface area contributed by atoms with Crippen molar-refractivity contribution in [2.45, 2.75) is 13.5 Å². The Bertz CT molecular complexity index is 923. The first-order valence-electron chi connectivity index (χ1n) is 7.91. The van der Waals surface area contributed by atoms with Gasteiger partial charge in [0, 0.05) is 31.5 Å². The molecule has 0 aliphatic heterocycles. The highest BCUT2D eigenvalue weighted by molar-refractivity contribution is 5.64. The highest BCUT2D eigenvalue weighted by atomic mass is 16.4. The molecular weight excluding hydrogens is 334 g/mol. The maximum Gasteiger partial charge on any atom is 0.419 e. The zero-order valence-corrected chi connectivity index (χ0v) is 14.4. The van der Waals surface area contributed by atoms with Crippen molar-refractivity contribution in [3.8, 4) is 11.3 Å². The number of nitrogens with zero attached hydrogens (tertiary/aromatic N) is 4. The number of hydrogen-bond donors (Lipinski definition) is 4. The predicted octanol–water partition coefficient (Wildman–Crippen LogP) is 2.20. The summed E-state index contributed by atoms with van der Waals surface area (Å²) in [4.78, 5) is 19.3. The molecule has 0 fully saturated rings. The fraction of sp³-hybridized carbons (Fsp3) is 0.176. The fourth-order valence-corrected chi connectivity index (χ4v) is 2.46. The minimum atomic E-state index is -1.12. The van der Waals surface area contributed by atoms with Crippen LogP contribution in [0.4, 0.5) is 16.4 Å². The Labute approximate surface area is 150 Å². The molecule has 0 saturated heterocycles. The molecule has 0 aliphatic carbocycles. The molecule has 0 atom stereocenters. The van der Waals surface area contributed by atoms with Crippen molar-refractivity contribution in [1.82, 2.24) is 30.6 Å². The molecule has 4 N–H and O–H groups in total. The summed E-state index contributed by atoms with van der Waals surface area (Å²) in [5.74, 6) is 0.490. The van der Waals surface area contributed by atoms with E-state index in [2.05, 4.69) is 31.2 Å². The molecule has 3 rings (SSSR count). The zero-order valence-electron chi connectivity index (χ0n) is 14.4. The van der Waals surface area contributed by atoms with Crippen LogP contribution in [0.25, 0.3) is 11.3 Å². The van der Waals surface area contributed by atoms with Gasteiger partial charge in [-0.1, -0.05) is 12.1 Å². The van der Waals surface area contributed by atoms with E-state index >= 15 is 0 Å². The summed E-state index contributed by atoms with van der Waals surface area (Å²) in [6.45, 7) is 2.37. The summed E-state index contributed by atoms with van der Waals surface area (Å²) < 4.78 is 1.70. The van der Waals surface area contributed by atoms with Crippen LogP contribution in [0.3, 0.4) is 0 Å². The lowest BCUT2D eigenvalue weighted by Gasteiger charge is -2.10. The van der Waals surface area contributed by atoms with Crippen molar-refractivity contribution < 1.29 is 9.90 Å². The second-order valence-electron chi connectivity index (χ2n) is 5.72. The highest BCUT2D eigenvalue weighted by Gasteiger charge is 2.06. The summed E-state index contributed by atoms with van der Waals surface area (Å²) in [7, 11) is 1.84. The number of amides is 1. The zero-order chi connectivity index (χ0) is 18.5. The molecule has 2 heterocycles. The number of aryl methyl sites for hydroxylation is 2. The Morgan fingerprint density at radius 1 is 1.31 bits per heavy atom. The van der Waals surface area contributed by atoms with Crippen LogP contribution in [0, 0.1) is 6.92 Å². The summed E-state index contributed by atoms with van der Waals surface area (Å²) in [6.07, 6.45) is 4.12. The Morgan fingerprint density at radius 3 is 2.85 bits per heavy atom. The average molecular weight is 353 g/mol. The van der Waals surface area contributed by atoms with Gasteiger partial charge in [0.2, 0.25) is 5.95 Å². The van der Waals surface area contributed by atoms with Gasteiger partial charge in [-0.3, -0.25) is 10.1 Å². The van der Waals surface area contributed by atoms with Gasteiger partial charge < -0.3 is 10.4 Å². The van der Waals surface area contributed by atoms with Crippen molar-refractivity contribution in [2.75, 3.05) is 5.32 Å². The molecule has 134 valence electrons. The summed E-state index contributed by atoms with van der Waals surface area (Å²) in [5, 5.41) is 15.8. The number of hydrazine groups is 1. The maximum absolute atomic E-state index is 10.5. The van der Waals surface area contributed by atoms with Gasteiger partial charge in [0.05, 0.1) is 17.6 Å². The largest absolute Gasteiger partial charge is 0.464 e. The third kappa shape index (κ3) is 4.33. The van der Waals surface area contributed by atoms with Crippen LogP contribution in [-0.4, -0.2) is 30.9 Å². The number of benzene rings is 1. The third-order valence-electron chi connectivity index (χ3n) is 3.73. The predicted molar refractivity (Wildman–Crippen MR) is 96.7 cm³/mol. The molecule has 0 radical (unpaired) electrons. The van der Waals surface area contributed by atoms with E-state index in [-0.39, 0.29) is 0 Å². The van der Waals surface area contributed by atoms with Gasteiger partial charge in [0.15, 0.2) is 0 Å². The van der Waals surface area contributed by atoms with Gasteiger partial charge in [-0.05, 0) is 30.2 Å². The molecule has 0 saturated carbocycles. The van der Waals surface area contributed by atoms with Gasteiger partial charge in [0.1, 0.15) is 0 Å². The first kappa shape index (κ1) is 17.4. The first-order valence-corrected chi connectivity index (χ1v) is 7.91. The van der Waals surface area contributed by atoms with E-state index in [4.69, 9.17) is 5.11 Å². The van der Waals surface area contributed by atoms with E-state index in [1.807, 2.05) is 44.4 Å². The smallest absolute Gasteiger partial charge is 0.419 e. The van der Waals surface area contributed by atoms with E-state index in [1.54, 1.807) is 17.1 Å². The van der Waals surface area contributed by atoms with E-state index < -0.39 is 6.09 Å². The first-order chi connectivity index (χ1) is 12.5. The van der Waals surface area contributed by atoms with Crippen LogP contribution in [0.2, 0.25) is 0 Å². The van der Waals surface area contributed by atoms with E-state index in [0.29, 0.717) is 12.5 Å². The van der Waals surface area contributed by atoms with Gasteiger partial charge >= 0.3 is 6.09 Å². The topological polar surface area (TPSA) is 117 Å². The standard InChI is InChI=1S/C17H19N7O2/c1-11-7-12(3-4-13(11)8-19-23-17(25)26)15-5-6-18-16(22-15)21-14-9-20-24(2)10-14/h3-7,9-10,19,23H,8H2,1-2H3,(H,25,26)(H,18,21,22). The van der Waals surface area contributed by atoms with E-state index in [9.17, 15) is 4.79 Å². The van der Waals surface area contributed by atoms with E-state index in [0.717, 1.165) is 28.1 Å². The summed E-state index contributed by atoms with van der Waals surface area (Å²) in [6, 6.07) is 7.74. The van der Waals surface area contributed by atoms with Crippen molar-refractivity contribution in [3.63, 3.8) is 0 Å². The van der Waals surface area contributed by atoms with Gasteiger partial charge in [0.25, 0.3) is 0 Å². The van der Waals surface area contributed by atoms with Crippen molar-refractivity contribution in [3.05, 3.63) is 54.0 Å². The molecule has 1 amide bonds. The minimum absolute atomic E-state index is 0.399. The monoisotopic (exact) mass is 353 g/mol. The molecule has 2 aromatic heterocycles. The Hall–Kier alpha value is -3.46. The van der Waals surface area contributed by atoms with Crippen LogP contribution in [0.15, 0.2) is 42.9 Å². The molecule has 0 aliphatic rings. The number of anilines is 2. The van der Waals surface area contributed by atoms with Crippen LogP contribution in [0.5, 0.6) is 0 Å². The van der Waals surface area contributed by atoms with Gasteiger partial charge in [-0.25, -0.2) is 20.2 Å². The van der Waals surface area contributed by atoms with Crippen LogP contribution >= 0.6 is 0 Å². The number of nitrogens with one attached hydrogen (secondary N) is 3. The quantitative estimate of drug-likeness (QED) is 0.502. The number of carbonyl (C=O) groups is 1. The number of hydrogen-bond acceptors (Lipinski definition) is 6. The molecule has 0 spiro atoms. The molecule has 0 unspecified atom stereocenters. The Morgan fingerprint density at radius 2 is 2.15 bits per heavy atom. The van der Waals surface area contributed by atoms with Gasteiger partial charge in [-0.15, -0.1) is 0 Å².